The highest BCUT2D eigenvalue weighted by molar-refractivity contribution is 6.75. The van der Waals surface area contributed by atoms with Crippen molar-refractivity contribution in [3.8, 4) is 5.75 Å². The Balaban J connectivity index is 0.00000176. The number of ether oxygens (including phenoxy) is 2. The highest BCUT2D eigenvalue weighted by atomic mass is 16.5. The Labute approximate surface area is 171 Å². The fraction of sp³-hybridized carbons (Fsp3) is 0.600. The summed E-state index contributed by atoms with van der Waals surface area (Å²) in [4.78, 5) is 4.51. The van der Waals surface area contributed by atoms with Gasteiger partial charge >= 0.3 is 0 Å². The van der Waals surface area contributed by atoms with E-state index in [0.717, 1.165) is 38.4 Å². The molecule has 0 saturated carbocycles. The molecule has 0 spiro atoms. The van der Waals surface area contributed by atoms with Crippen molar-refractivity contribution < 1.29 is 14.6 Å². The summed E-state index contributed by atoms with van der Waals surface area (Å²) in [6, 6.07) is 5.48. The summed E-state index contributed by atoms with van der Waals surface area (Å²) in [6.07, 6.45) is 0. The smallest absolute Gasteiger partial charge is 0.129 e. The Morgan fingerprint density at radius 1 is 0.963 bits per heavy atom. The van der Waals surface area contributed by atoms with E-state index in [9.17, 15) is 0 Å². The van der Waals surface area contributed by atoms with Gasteiger partial charge in [-0.3, -0.25) is 4.90 Å². The molecule has 0 bridgehead atoms. The lowest BCUT2D eigenvalue weighted by molar-refractivity contribution is 0.0492. The third-order valence-corrected chi connectivity index (χ3v) is 3.93. The maximum atomic E-state index is 8.99. The van der Waals surface area contributed by atoms with Gasteiger partial charge in [-0.15, -0.1) is 0 Å². The van der Waals surface area contributed by atoms with Crippen LogP contribution in [-0.4, -0.2) is 121 Å². The minimum atomic E-state index is -1.87. The maximum absolute atomic E-state index is 8.99. The van der Waals surface area contributed by atoms with Gasteiger partial charge in [-0.2, -0.15) is 0 Å². The van der Waals surface area contributed by atoms with Gasteiger partial charge in [0, 0.05) is 59.9 Å². The Hall–Kier alpha value is -0.845. The maximum Gasteiger partial charge on any atom is 0.129 e. The van der Waals surface area contributed by atoms with Crippen molar-refractivity contribution in [2.24, 2.45) is 0 Å². The molecule has 14 radical (unpaired) electrons. The minimum absolute atomic E-state index is 0.192. The largest absolute Gasteiger partial charge is 0.499 e. The zero-order valence-electron chi connectivity index (χ0n) is 15.4. The second-order valence-corrected chi connectivity index (χ2v) is 6.06. The van der Waals surface area contributed by atoms with Crippen LogP contribution in [-0.2, 0) is 4.74 Å². The fourth-order valence-electron chi connectivity index (χ4n) is 2.63. The van der Waals surface area contributed by atoms with Crippen molar-refractivity contribution >= 4 is 60.4 Å². The lowest BCUT2D eigenvalue weighted by Crippen LogP contribution is -2.47. The molecule has 1 N–H and O–H groups in total. The molecular formula is C15H19B7N2O3. The molecule has 1 aromatic rings. The van der Waals surface area contributed by atoms with Crippen LogP contribution in [0.5, 0.6) is 5.75 Å². The summed E-state index contributed by atoms with van der Waals surface area (Å²) >= 11 is 0. The average Bonchev–Trinajstić information content (AvgIpc) is 2.63. The first kappa shape index (κ1) is 24.2. The van der Waals surface area contributed by atoms with Gasteiger partial charge in [0.1, 0.15) is 21.4 Å². The Bertz CT molecular complexity index is 525. The monoisotopic (exact) mass is 352 g/mol. The Morgan fingerprint density at radius 3 is 2.00 bits per heavy atom. The van der Waals surface area contributed by atoms with E-state index in [1.807, 2.05) is 24.3 Å². The average molecular weight is 351 g/mol. The molecule has 12 heteroatoms. The van der Waals surface area contributed by atoms with Crippen LogP contribution in [0.25, 0.3) is 0 Å². The lowest BCUT2D eigenvalue weighted by atomic mass is 9.52. The van der Waals surface area contributed by atoms with Gasteiger partial charge in [0.15, 0.2) is 0 Å². The van der Waals surface area contributed by atoms with Crippen LogP contribution in [0.4, 0.5) is 5.69 Å². The van der Waals surface area contributed by atoms with Crippen molar-refractivity contribution in [2.75, 3.05) is 44.2 Å². The molecule has 5 nitrogen and oxygen atoms in total. The molecule has 27 heavy (non-hydrogen) atoms. The zero-order chi connectivity index (χ0) is 20.4. The summed E-state index contributed by atoms with van der Waals surface area (Å²) in [7, 11) is 35.5. The summed E-state index contributed by atoms with van der Waals surface area (Å²) in [5, 5.41) is 7.11. The van der Waals surface area contributed by atoms with E-state index in [2.05, 4.69) is 25.3 Å². The Morgan fingerprint density at radius 2 is 1.52 bits per heavy atom. The number of piperazine rings is 1. The second-order valence-electron chi connectivity index (χ2n) is 6.06. The van der Waals surface area contributed by atoms with Crippen LogP contribution >= 0.6 is 0 Å². The molecule has 0 amide bonds. The summed E-state index contributed by atoms with van der Waals surface area (Å²) in [6.45, 7) is 4.58. The van der Waals surface area contributed by atoms with E-state index in [1.54, 1.807) is 0 Å². The third-order valence-electron chi connectivity index (χ3n) is 3.93. The molecule has 0 aliphatic carbocycles. The molecule has 1 fully saturated rings. The minimum Gasteiger partial charge on any atom is -0.499 e. The van der Waals surface area contributed by atoms with E-state index < -0.39 is 17.3 Å². The molecule has 0 aromatic heterocycles. The molecule has 1 aliphatic heterocycles. The van der Waals surface area contributed by atoms with Crippen LogP contribution in [0.15, 0.2) is 24.3 Å². The number of aliphatic hydroxyl groups excluding tert-OH is 1. The van der Waals surface area contributed by atoms with Gasteiger partial charge in [0.05, 0.1) is 36.1 Å². The van der Waals surface area contributed by atoms with Crippen LogP contribution in [0.1, 0.15) is 0 Å². The first-order chi connectivity index (χ1) is 12.8. The molecule has 2 atom stereocenters. The molecule has 2 unspecified atom stereocenters. The molecule has 1 aliphatic rings. The molecular weight excluding hydrogens is 332 g/mol. The van der Waals surface area contributed by atoms with Crippen LogP contribution in [0, 0.1) is 0 Å². The highest BCUT2D eigenvalue weighted by Crippen LogP contribution is 2.22. The molecule has 128 valence electrons. The number of hydrogen-bond donors (Lipinski definition) is 1. The van der Waals surface area contributed by atoms with E-state index in [0.29, 0.717) is 5.75 Å². The molecule has 1 saturated heterocycles. The first-order valence-corrected chi connectivity index (χ1v) is 8.52. The number of benzene rings is 1. The predicted octanol–water partition coefficient (Wildman–Crippen LogP) is -2.46. The van der Waals surface area contributed by atoms with Gasteiger partial charge in [-0.25, -0.2) is 0 Å². The predicted molar refractivity (Wildman–Crippen MR) is 114 cm³/mol. The van der Waals surface area contributed by atoms with Gasteiger partial charge in [-0.05, 0) is 29.6 Å². The van der Waals surface area contributed by atoms with Crippen molar-refractivity contribution in [1.82, 2.24) is 4.90 Å². The number of hydrogen-bond acceptors (Lipinski definition) is 5. The van der Waals surface area contributed by atoms with E-state index in [-0.39, 0.29) is 6.61 Å². The lowest BCUT2D eigenvalue weighted by Gasteiger charge is -2.36. The first-order valence-electron chi connectivity index (χ1n) is 8.52. The third kappa shape index (κ3) is 8.80. The normalized spacial score (nSPS) is 17.4. The van der Waals surface area contributed by atoms with Gasteiger partial charge < -0.3 is 19.5 Å². The summed E-state index contributed by atoms with van der Waals surface area (Å²) < 4.78 is 10.5. The molecule has 1 aromatic carbocycles. The van der Waals surface area contributed by atoms with E-state index in [1.165, 1.54) is 0 Å². The fourth-order valence-corrected chi connectivity index (χ4v) is 2.63. The van der Waals surface area contributed by atoms with Crippen molar-refractivity contribution in [2.45, 2.75) is 17.3 Å². The van der Waals surface area contributed by atoms with Crippen molar-refractivity contribution in [3.63, 3.8) is 0 Å². The number of rotatable bonds is 8. The molecule has 1 heterocycles. The standard InChI is InChI=1S/C15H19B5N2O3.B2/c16-13(14(17)25-15(18,19)20)24-12-3-1-11(2-4-12)22-7-5-21(6-8-22)9-10-23;1-2/h1-4,13-14,23H,5-10H2;. The molecule has 2 rings (SSSR count). The number of nitrogens with zero attached hydrogens (tertiary/aromatic N) is 2. The number of aliphatic hydroxyl groups is 1. The van der Waals surface area contributed by atoms with Gasteiger partial charge in [-0.1, -0.05) is 0 Å². The van der Waals surface area contributed by atoms with Gasteiger partial charge in [0.2, 0.25) is 0 Å². The second kappa shape index (κ2) is 11.9. The van der Waals surface area contributed by atoms with Crippen LogP contribution in [0.3, 0.4) is 0 Å². The topological polar surface area (TPSA) is 45.2 Å². The van der Waals surface area contributed by atoms with E-state index >= 15 is 0 Å². The Kier molecular flexibility index (Phi) is 10.6. The van der Waals surface area contributed by atoms with Crippen LogP contribution < -0.4 is 9.64 Å². The summed E-state index contributed by atoms with van der Waals surface area (Å²) in [5.74, 6) is 0.547. The van der Waals surface area contributed by atoms with Crippen molar-refractivity contribution in [3.05, 3.63) is 24.3 Å². The van der Waals surface area contributed by atoms with Gasteiger partial charge in [0.25, 0.3) is 0 Å². The van der Waals surface area contributed by atoms with Crippen LogP contribution in [0.2, 0.25) is 0 Å². The SMILES string of the molecule is [B]C(Oc1ccc(N2CCN(CCO)CC2)cc1)C([B])OC([B])([B])[B].[B][B]. The zero-order valence-corrected chi connectivity index (χ0v) is 15.4. The summed E-state index contributed by atoms with van der Waals surface area (Å²) in [5.41, 5.74) is 1.09. The van der Waals surface area contributed by atoms with E-state index in [4.69, 9.17) is 53.8 Å². The number of anilines is 1. The van der Waals surface area contributed by atoms with Crippen molar-refractivity contribution in [1.29, 1.82) is 0 Å². The highest BCUT2D eigenvalue weighted by Gasteiger charge is 2.20. The number of β-amino-alcohol motifs (C(OH)–C–C–N with tert-alkyl or cyclic N) is 1. The quantitative estimate of drug-likeness (QED) is 0.527.